The van der Waals surface area contributed by atoms with E-state index in [9.17, 15) is 14.4 Å². The molecule has 0 saturated carbocycles. The van der Waals surface area contributed by atoms with Gasteiger partial charge in [0.15, 0.2) is 0 Å². The van der Waals surface area contributed by atoms with Crippen LogP contribution >= 0.6 is 0 Å². The summed E-state index contributed by atoms with van der Waals surface area (Å²) in [6.45, 7) is 15.5. The molecule has 2 rings (SSSR count). The van der Waals surface area contributed by atoms with Gasteiger partial charge in [-0.05, 0) is 24.0 Å². The summed E-state index contributed by atoms with van der Waals surface area (Å²) in [5, 5.41) is 15.6. The Balaban J connectivity index is 0. The molecule has 0 heterocycles. The molecule has 0 radical (unpaired) electrons. The molecule has 0 aliphatic rings. The van der Waals surface area contributed by atoms with Crippen molar-refractivity contribution in [2.75, 3.05) is 6.61 Å². The topological polar surface area (TPSA) is 101 Å². The predicted molar refractivity (Wildman–Crippen MR) is 152 cm³/mol. The van der Waals surface area contributed by atoms with Gasteiger partial charge in [-0.2, -0.15) is 0 Å². The van der Waals surface area contributed by atoms with E-state index in [1.54, 1.807) is 0 Å². The highest BCUT2D eigenvalue weighted by Crippen LogP contribution is 2.03. The predicted octanol–water partition coefficient (Wildman–Crippen LogP) is 7.45. The smallest absolute Gasteiger partial charge is 0.333 e. The van der Waals surface area contributed by atoms with Crippen LogP contribution < -0.4 is 0 Å². The first kappa shape index (κ1) is 35.0. The van der Waals surface area contributed by atoms with E-state index < -0.39 is 11.9 Å². The molecule has 0 fully saturated rings. The van der Waals surface area contributed by atoms with Gasteiger partial charge in [-0.25, -0.2) is 14.4 Å². The van der Waals surface area contributed by atoms with Gasteiger partial charge in [0.25, 0.3) is 0 Å². The molecule has 37 heavy (non-hydrogen) atoms. The highest BCUT2D eigenvalue weighted by Gasteiger charge is 2.04. The van der Waals surface area contributed by atoms with Crippen LogP contribution in [0, 0.1) is 0 Å². The number of aliphatic carboxylic acids is 2. The third kappa shape index (κ3) is 24.7. The second kappa shape index (κ2) is 24.9. The number of carbonyl (C=O) groups is 3. The molecule has 0 aliphatic heterocycles. The number of unbranched alkanes of at least 4 members (excludes halogenated alkanes) is 3. The van der Waals surface area contributed by atoms with Crippen molar-refractivity contribution in [3.8, 4) is 0 Å². The van der Waals surface area contributed by atoms with Crippen molar-refractivity contribution in [3.05, 3.63) is 109 Å². The highest BCUT2D eigenvalue weighted by molar-refractivity contribution is 5.89. The lowest BCUT2D eigenvalue weighted by molar-refractivity contribution is -0.139. The van der Waals surface area contributed by atoms with Gasteiger partial charge < -0.3 is 14.9 Å². The Morgan fingerprint density at radius 1 is 0.757 bits per heavy atom. The molecule has 2 aromatic rings. The molecule has 0 saturated heterocycles. The normalized spacial score (nSPS) is 9.14. The zero-order valence-corrected chi connectivity index (χ0v) is 22.0. The SMILES string of the molecule is C=C(CC)C(=O)OCCCCCC.C=Cc1ccccc1.C=Cc1ccccc1.O=C(O)/C=C\C(=O)O. The molecule has 200 valence electrons. The van der Waals surface area contributed by atoms with Crippen molar-refractivity contribution in [3.63, 3.8) is 0 Å². The maximum atomic E-state index is 11.1. The first-order valence-corrected chi connectivity index (χ1v) is 12.0. The van der Waals surface area contributed by atoms with Crippen molar-refractivity contribution in [2.24, 2.45) is 0 Å². The average molecular weight is 509 g/mol. The summed E-state index contributed by atoms with van der Waals surface area (Å²) in [5.74, 6) is -2.75. The van der Waals surface area contributed by atoms with Crippen LogP contribution in [-0.2, 0) is 19.1 Å². The maximum Gasteiger partial charge on any atom is 0.333 e. The number of hydrogen-bond acceptors (Lipinski definition) is 4. The second-order valence-corrected chi connectivity index (χ2v) is 7.39. The van der Waals surface area contributed by atoms with Crippen LogP contribution in [0.2, 0.25) is 0 Å². The van der Waals surface area contributed by atoms with E-state index in [1.807, 2.05) is 79.7 Å². The Morgan fingerprint density at radius 3 is 1.49 bits per heavy atom. The summed E-state index contributed by atoms with van der Waals surface area (Å²) in [6, 6.07) is 20.1. The zero-order chi connectivity index (χ0) is 28.3. The third-order valence-corrected chi connectivity index (χ3v) is 4.39. The van der Waals surface area contributed by atoms with Crippen LogP contribution in [0.25, 0.3) is 12.2 Å². The molecular formula is C31H40O6. The van der Waals surface area contributed by atoms with Gasteiger partial charge in [0.2, 0.25) is 0 Å². The summed E-state index contributed by atoms with van der Waals surface area (Å²) in [7, 11) is 0. The average Bonchev–Trinajstić information content (AvgIpc) is 2.93. The zero-order valence-electron chi connectivity index (χ0n) is 22.0. The summed E-state index contributed by atoms with van der Waals surface area (Å²) in [6.07, 6.45) is 9.99. The number of carbonyl (C=O) groups excluding carboxylic acids is 1. The lowest BCUT2D eigenvalue weighted by Gasteiger charge is -2.04. The van der Waals surface area contributed by atoms with Crippen molar-refractivity contribution in [2.45, 2.75) is 46.0 Å². The van der Waals surface area contributed by atoms with Crippen molar-refractivity contribution >= 4 is 30.1 Å². The number of esters is 1. The standard InChI is InChI=1S/C11H20O2.2C8H8.C4H4O4/c1-4-6-7-8-9-13-11(12)10(3)5-2;2*1-2-8-6-4-3-5-7-8;5-3(6)1-2-4(7)8/h3-9H2,1-2H3;2*2-7H,1H2;1-2H,(H,5,6)(H,7,8)/b;;;2-1-. The van der Waals surface area contributed by atoms with E-state index in [4.69, 9.17) is 14.9 Å². The number of rotatable bonds is 11. The minimum atomic E-state index is -1.26. The first-order chi connectivity index (χ1) is 17.7. The van der Waals surface area contributed by atoms with Gasteiger partial charge in [-0.3, -0.25) is 0 Å². The fourth-order valence-electron chi connectivity index (χ4n) is 2.26. The fourth-order valence-corrected chi connectivity index (χ4v) is 2.26. The van der Waals surface area contributed by atoms with E-state index in [0.29, 0.717) is 30.8 Å². The number of hydrogen-bond donors (Lipinski definition) is 2. The Kier molecular flexibility index (Phi) is 23.6. The number of benzene rings is 2. The number of carboxylic acids is 2. The number of ether oxygens (including phenoxy) is 1. The minimum absolute atomic E-state index is 0.237. The highest BCUT2D eigenvalue weighted by atomic mass is 16.5. The summed E-state index contributed by atoms with van der Waals surface area (Å²) < 4.78 is 5.00. The van der Waals surface area contributed by atoms with Crippen molar-refractivity contribution < 1.29 is 29.3 Å². The van der Waals surface area contributed by atoms with E-state index in [1.165, 1.54) is 24.0 Å². The van der Waals surface area contributed by atoms with Gasteiger partial charge in [-0.1, -0.05) is 126 Å². The molecule has 2 N–H and O–H groups in total. The maximum absolute atomic E-state index is 11.1. The van der Waals surface area contributed by atoms with Gasteiger partial charge in [-0.15, -0.1) is 0 Å². The summed E-state index contributed by atoms with van der Waals surface area (Å²) >= 11 is 0. The molecule has 6 heteroatoms. The summed E-state index contributed by atoms with van der Waals surface area (Å²) in [5.41, 5.74) is 2.91. The van der Waals surface area contributed by atoms with Gasteiger partial charge in [0.05, 0.1) is 6.61 Å². The molecule has 2 aromatic carbocycles. The molecule has 6 nitrogen and oxygen atoms in total. The van der Waals surface area contributed by atoms with Gasteiger partial charge in [0.1, 0.15) is 0 Å². The van der Waals surface area contributed by atoms with Crippen LogP contribution in [0.4, 0.5) is 0 Å². The lowest BCUT2D eigenvalue weighted by atomic mass is 10.2. The van der Waals surface area contributed by atoms with E-state index >= 15 is 0 Å². The third-order valence-electron chi connectivity index (χ3n) is 4.39. The second-order valence-electron chi connectivity index (χ2n) is 7.39. The van der Waals surface area contributed by atoms with E-state index in [2.05, 4.69) is 26.7 Å². The summed E-state index contributed by atoms with van der Waals surface area (Å²) in [4.78, 5) is 30.2. The first-order valence-electron chi connectivity index (χ1n) is 12.0. The van der Waals surface area contributed by atoms with Crippen LogP contribution in [0.3, 0.4) is 0 Å². The molecule has 0 unspecified atom stereocenters. The molecule has 0 bridgehead atoms. The monoisotopic (exact) mass is 508 g/mol. The molecule has 0 amide bonds. The van der Waals surface area contributed by atoms with Crippen LogP contribution in [0.15, 0.2) is 98.1 Å². The molecule has 0 aromatic heterocycles. The lowest BCUT2D eigenvalue weighted by Crippen LogP contribution is -2.07. The minimum Gasteiger partial charge on any atom is -0.478 e. The molecule has 0 aliphatic carbocycles. The van der Waals surface area contributed by atoms with E-state index in [-0.39, 0.29) is 5.97 Å². The Bertz CT molecular complexity index is 887. The largest absolute Gasteiger partial charge is 0.478 e. The Labute approximate surface area is 221 Å². The molecule has 0 spiro atoms. The Morgan fingerprint density at radius 2 is 1.19 bits per heavy atom. The Hall–Kier alpha value is -4.19. The van der Waals surface area contributed by atoms with Crippen molar-refractivity contribution in [1.29, 1.82) is 0 Å². The van der Waals surface area contributed by atoms with Crippen molar-refractivity contribution in [1.82, 2.24) is 0 Å². The molecular weight excluding hydrogens is 468 g/mol. The van der Waals surface area contributed by atoms with Gasteiger partial charge >= 0.3 is 17.9 Å². The van der Waals surface area contributed by atoms with Crippen LogP contribution in [0.5, 0.6) is 0 Å². The fraction of sp³-hybridized carbons (Fsp3) is 0.258. The van der Waals surface area contributed by atoms with E-state index in [0.717, 1.165) is 12.8 Å². The van der Waals surface area contributed by atoms with Gasteiger partial charge in [0, 0.05) is 17.7 Å². The number of carboxylic acid groups (broad SMARTS) is 2. The molecule has 0 atom stereocenters. The van der Waals surface area contributed by atoms with Crippen LogP contribution in [0.1, 0.15) is 57.1 Å². The quantitative estimate of drug-likeness (QED) is 0.186. The van der Waals surface area contributed by atoms with Crippen LogP contribution in [-0.4, -0.2) is 34.7 Å².